The van der Waals surface area contributed by atoms with Crippen LogP contribution in [0.25, 0.3) is 0 Å². The molecule has 2 aromatic carbocycles. The van der Waals surface area contributed by atoms with Crippen LogP contribution in [0.2, 0.25) is 0 Å². The first-order valence-electron chi connectivity index (χ1n) is 5.85. The molecule has 0 aliphatic heterocycles. The van der Waals surface area contributed by atoms with E-state index in [2.05, 4.69) is 21.2 Å². The molecule has 0 spiro atoms. The van der Waals surface area contributed by atoms with Gasteiger partial charge in [-0.25, -0.2) is 0 Å². The molecule has 3 nitrogen and oxygen atoms in total. The molecule has 2 aromatic rings. The minimum absolute atomic E-state index is 0.0916. The normalized spacial score (nSPS) is 11.9. The van der Waals surface area contributed by atoms with E-state index in [1.165, 1.54) is 7.11 Å². The van der Waals surface area contributed by atoms with Crippen molar-refractivity contribution in [2.24, 2.45) is 0 Å². The predicted molar refractivity (Wildman–Crippen MR) is 79.3 cm³/mol. The zero-order valence-electron chi connectivity index (χ0n) is 10.5. The van der Waals surface area contributed by atoms with Crippen LogP contribution in [0.4, 0.5) is 5.69 Å². The molecule has 0 aromatic heterocycles. The second-order valence-corrected chi connectivity index (χ2v) is 4.91. The minimum Gasteiger partial charge on any atom is -0.354 e. The highest BCUT2D eigenvalue weighted by atomic mass is 79.9. The first-order valence-corrected chi connectivity index (χ1v) is 6.64. The molecule has 0 aliphatic rings. The Balaban J connectivity index is 2.12. The summed E-state index contributed by atoms with van der Waals surface area (Å²) in [4.78, 5) is 12.3. The first-order chi connectivity index (χ1) is 9.20. The van der Waals surface area contributed by atoms with Crippen molar-refractivity contribution in [3.63, 3.8) is 0 Å². The van der Waals surface area contributed by atoms with Gasteiger partial charge in [-0.2, -0.15) is 0 Å². The summed E-state index contributed by atoms with van der Waals surface area (Å²) < 4.78 is 6.22. The molecule has 2 rings (SSSR count). The average molecular weight is 320 g/mol. The maximum absolute atomic E-state index is 12.3. The van der Waals surface area contributed by atoms with Gasteiger partial charge in [0.05, 0.1) is 0 Å². The van der Waals surface area contributed by atoms with Crippen LogP contribution in [-0.4, -0.2) is 19.1 Å². The van der Waals surface area contributed by atoms with Gasteiger partial charge in [0.2, 0.25) is 5.78 Å². The van der Waals surface area contributed by atoms with Crippen molar-refractivity contribution in [2.75, 3.05) is 12.4 Å². The molecule has 98 valence electrons. The maximum Gasteiger partial charge on any atom is 0.211 e. The molecular formula is C15H14BrNO2. The molecule has 0 amide bonds. The van der Waals surface area contributed by atoms with E-state index in [0.29, 0.717) is 5.56 Å². The van der Waals surface area contributed by atoms with Crippen molar-refractivity contribution in [1.82, 2.24) is 0 Å². The Morgan fingerprint density at radius 2 is 1.74 bits per heavy atom. The molecule has 0 heterocycles. The number of rotatable bonds is 5. The number of carbonyl (C=O) groups excluding carboxylic acids is 1. The zero-order chi connectivity index (χ0) is 13.7. The fourth-order valence-electron chi connectivity index (χ4n) is 1.68. The van der Waals surface area contributed by atoms with Gasteiger partial charge >= 0.3 is 0 Å². The van der Waals surface area contributed by atoms with Crippen LogP contribution < -0.4 is 5.32 Å². The van der Waals surface area contributed by atoms with Crippen molar-refractivity contribution in [2.45, 2.75) is 6.23 Å². The number of ether oxygens (including phenoxy) is 1. The summed E-state index contributed by atoms with van der Waals surface area (Å²) >= 11 is 3.37. The van der Waals surface area contributed by atoms with Crippen molar-refractivity contribution in [3.05, 3.63) is 64.6 Å². The van der Waals surface area contributed by atoms with Crippen LogP contribution in [0.1, 0.15) is 10.4 Å². The first kappa shape index (κ1) is 13.8. The largest absolute Gasteiger partial charge is 0.354 e. The quantitative estimate of drug-likeness (QED) is 0.674. The third-order valence-corrected chi connectivity index (χ3v) is 3.20. The smallest absolute Gasteiger partial charge is 0.211 e. The number of carbonyl (C=O) groups is 1. The summed E-state index contributed by atoms with van der Waals surface area (Å²) in [5.41, 5.74) is 1.46. The summed E-state index contributed by atoms with van der Waals surface area (Å²) in [5, 5.41) is 3.06. The Kier molecular flexibility index (Phi) is 4.71. The van der Waals surface area contributed by atoms with Gasteiger partial charge in [0.15, 0.2) is 6.23 Å². The molecule has 0 saturated carbocycles. The molecule has 0 radical (unpaired) electrons. The standard InChI is InChI=1S/C15H14BrNO2/c1-19-15(14(18)11-5-3-2-4-6-11)17-13-9-7-12(16)8-10-13/h2-10,15,17H,1H3. The number of benzene rings is 2. The van der Waals surface area contributed by atoms with Crippen LogP contribution >= 0.6 is 15.9 Å². The Morgan fingerprint density at radius 3 is 2.32 bits per heavy atom. The molecule has 1 atom stereocenters. The van der Waals surface area contributed by atoms with Gasteiger partial charge in [-0.3, -0.25) is 4.79 Å². The second-order valence-electron chi connectivity index (χ2n) is 4.00. The number of methoxy groups -OCH3 is 1. The minimum atomic E-state index is -0.691. The summed E-state index contributed by atoms with van der Waals surface area (Å²) in [6.07, 6.45) is -0.691. The van der Waals surface area contributed by atoms with Gasteiger partial charge in [0.1, 0.15) is 0 Å². The highest BCUT2D eigenvalue weighted by Gasteiger charge is 2.18. The summed E-state index contributed by atoms with van der Waals surface area (Å²) in [5.74, 6) is -0.0916. The Bertz CT molecular complexity index is 540. The van der Waals surface area contributed by atoms with Crippen LogP contribution in [0, 0.1) is 0 Å². The fourth-order valence-corrected chi connectivity index (χ4v) is 1.95. The van der Waals surface area contributed by atoms with Gasteiger partial charge in [-0.1, -0.05) is 46.3 Å². The summed E-state index contributed by atoms with van der Waals surface area (Å²) in [6.45, 7) is 0. The van der Waals surface area contributed by atoms with Gasteiger partial charge in [-0.15, -0.1) is 0 Å². The molecule has 19 heavy (non-hydrogen) atoms. The Hall–Kier alpha value is -1.65. The number of ketones is 1. The van der Waals surface area contributed by atoms with E-state index in [-0.39, 0.29) is 5.78 Å². The second kappa shape index (κ2) is 6.50. The lowest BCUT2D eigenvalue weighted by atomic mass is 10.1. The van der Waals surface area contributed by atoms with E-state index in [0.717, 1.165) is 10.2 Å². The van der Waals surface area contributed by atoms with E-state index in [1.807, 2.05) is 42.5 Å². The lowest BCUT2D eigenvalue weighted by molar-refractivity contribution is 0.0677. The number of Topliss-reactive ketones (excluding diaryl/α,β-unsaturated/α-hetero) is 1. The van der Waals surface area contributed by atoms with Gasteiger partial charge in [0, 0.05) is 22.8 Å². The van der Waals surface area contributed by atoms with Crippen LogP contribution in [0.5, 0.6) is 0 Å². The Morgan fingerprint density at radius 1 is 1.11 bits per heavy atom. The van der Waals surface area contributed by atoms with Crippen molar-refractivity contribution < 1.29 is 9.53 Å². The van der Waals surface area contributed by atoms with E-state index < -0.39 is 6.23 Å². The lowest BCUT2D eigenvalue weighted by Gasteiger charge is -2.17. The molecule has 4 heteroatoms. The SMILES string of the molecule is COC(Nc1ccc(Br)cc1)C(=O)c1ccccc1. The van der Waals surface area contributed by atoms with Gasteiger partial charge in [0.25, 0.3) is 0 Å². The molecule has 0 saturated heterocycles. The number of anilines is 1. The number of hydrogen-bond acceptors (Lipinski definition) is 3. The monoisotopic (exact) mass is 319 g/mol. The zero-order valence-corrected chi connectivity index (χ0v) is 12.1. The van der Waals surface area contributed by atoms with Crippen molar-refractivity contribution in [1.29, 1.82) is 0 Å². The molecule has 0 bridgehead atoms. The Labute approximate surface area is 120 Å². The summed E-state index contributed by atoms with van der Waals surface area (Å²) in [6, 6.07) is 16.7. The molecule has 1 N–H and O–H groups in total. The average Bonchev–Trinajstić information content (AvgIpc) is 2.47. The summed E-state index contributed by atoms with van der Waals surface area (Å²) in [7, 11) is 1.51. The topological polar surface area (TPSA) is 38.3 Å². The van der Waals surface area contributed by atoms with E-state index >= 15 is 0 Å². The lowest BCUT2D eigenvalue weighted by Crippen LogP contribution is -2.31. The van der Waals surface area contributed by atoms with E-state index in [9.17, 15) is 4.79 Å². The molecular weight excluding hydrogens is 306 g/mol. The van der Waals surface area contributed by atoms with Crippen LogP contribution in [0.3, 0.4) is 0 Å². The van der Waals surface area contributed by atoms with Crippen LogP contribution in [-0.2, 0) is 4.74 Å². The highest BCUT2D eigenvalue weighted by Crippen LogP contribution is 2.16. The highest BCUT2D eigenvalue weighted by molar-refractivity contribution is 9.10. The maximum atomic E-state index is 12.3. The number of hydrogen-bond donors (Lipinski definition) is 1. The molecule has 1 unspecified atom stereocenters. The number of nitrogens with one attached hydrogen (secondary N) is 1. The molecule has 0 fully saturated rings. The van der Waals surface area contributed by atoms with E-state index in [4.69, 9.17) is 4.74 Å². The van der Waals surface area contributed by atoms with Crippen molar-refractivity contribution in [3.8, 4) is 0 Å². The van der Waals surface area contributed by atoms with Gasteiger partial charge < -0.3 is 10.1 Å². The third kappa shape index (κ3) is 3.66. The number of halogens is 1. The third-order valence-electron chi connectivity index (χ3n) is 2.67. The van der Waals surface area contributed by atoms with Crippen molar-refractivity contribution >= 4 is 27.4 Å². The van der Waals surface area contributed by atoms with E-state index in [1.54, 1.807) is 12.1 Å². The predicted octanol–water partition coefficient (Wildman–Crippen LogP) is 3.72. The fraction of sp³-hybridized carbons (Fsp3) is 0.133. The van der Waals surface area contributed by atoms with Gasteiger partial charge in [-0.05, 0) is 24.3 Å². The van der Waals surface area contributed by atoms with Crippen LogP contribution in [0.15, 0.2) is 59.1 Å². The molecule has 0 aliphatic carbocycles.